The Bertz CT molecular complexity index is 1380. The quantitative estimate of drug-likeness (QED) is 0.137. The number of carbonyl (C=O) groups is 1. The molecule has 0 aliphatic heterocycles. The van der Waals surface area contributed by atoms with Gasteiger partial charge in [-0.15, -0.1) is 0 Å². The minimum absolute atomic E-state index is 0.0778. The third-order valence-corrected chi connectivity index (χ3v) is 6.41. The second-order valence-electron chi connectivity index (χ2n) is 9.11. The zero-order chi connectivity index (χ0) is 25.5. The maximum Gasteiger partial charge on any atom is 0.243 e. The van der Waals surface area contributed by atoms with E-state index in [2.05, 4.69) is 36.6 Å². The van der Waals surface area contributed by atoms with Gasteiger partial charge < -0.3 is 15.4 Å². The van der Waals surface area contributed by atoms with Gasteiger partial charge in [0.15, 0.2) is 0 Å². The third kappa shape index (κ3) is 6.35. The van der Waals surface area contributed by atoms with Crippen LogP contribution in [0.4, 0.5) is 5.69 Å². The number of nitrogens with one attached hydrogen (secondary N) is 2. The Balaban J connectivity index is 1.31. The van der Waals surface area contributed by atoms with E-state index in [0.29, 0.717) is 17.5 Å². The molecular weight excluding hydrogens is 470 g/mol. The van der Waals surface area contributed by atoms with E-state index in [1.807, 2.05) is 54.6 Å². The molecule has 0 atom stereocenters. The van der Waals surface area contributed by atoms with Crippen LogP contribution in [0.1, 0.15) is 43.7 Å². The number of carbonyl (C=O) groups excluding carboxylic acids is 1. The number of amides is 1. The van der Waals surface area contributed by atoms with E-state index in [0.717, 1.165) is 58.2 Å². The number of hydrogen-bond acceptors (Lipinski definition) is 4. The summed E-state index contributed by atoms with van der Waals surface area (Å²) in [4.78, 5) is 17.0. The Morgan fingerprint density at radius 2 is 1.75 bits per heavy atom. The molecule has 5 nitrogen and oxygen atoms in total. The fourth-order valence-electron chi connectivity index (χ4n) is 4.11. The highest BCUT2D eigenvalue weighted by atomic mass is 35.5. The van der Waals surface area contributed by atoms with Gasteiger partial charge in [-0.05, 0) is 72.4 Å². The zero-order valence-corrected chi connectivity index (χ0v) is 21.7. The predicted molar refractivity (Wildman–Crippen MR) is 151 cm³/mol. The molecule has 0 spiro atoms. The van der Waals surface area contributed by atoms with Gasteiger partial charge in [-0.1, -0.05) is 49.7 Å². The molecule has 1 amide bonds. The molecule has 0 aliphatic rings. The molecule has 0 fully saturated rings. The summed E-state index contributed by atoms with van der Waals surface area (Å²) in [7, 11) is 1.66. The molecule has 4 aromatic rings. The normalized spacial score (nSPS) is 11.5. The van der Waals surface area contributed by atoms with E-state index in [-0.39, 0.29) is 5.91 Å². The number of aromatic nitrogens is 1. The van der Waals surface area contributed by atoms with Crippen molar-refractivity contribution in [1.82, 2.24) is 10.3 Å². The molecule has 1 aromatic heterocycles. The highest BCUT2D eigenvalue weighted by Crippen LogP contribution is 2.34. The lowest BCUT2D eigenvalue weighted by atomic mass is 10.0. The van der Waals surface area contributed by atoms with Crippen molar-refractivity contribution in [2.45, 2.75) is 32.6 Å². The third-order valence-electron chi connectivity index (χ3n) is 6.18. The van der Waals surface area contributed by atoms with Crippen LogP contribution in [0.25, 0.3) is 27.9 Å². The van der Waals surface area contributed by atoms with Crippen molar-refractivity contribution in [2.75, 3.05) is 25.5 Å². The summed E-state index contributed by atoms with van der Waals surface area (Å²) in [5, 5.41) is 9.23. The Morgan fingerprint density at radius 3 is 2.50 bits per heavy atom. The highest BCUT2D eigenvalue weighted by molar-refractivity contribution is 6.31. The highest BCUT2D eigenvalue weighted by Gasteiger charge is 2.11. The molecule has 36 heavy (non-hydrogen) atoms. The average Bonchev–Trinajstić information content (AvgIpc) is 2.88. The molecule has 0 bridgehead atoms. The summed E-state index contributed by atoms with van der Waals surface area (Å²) in [6, 6.07) is 19.9. The number of unbranched alkanes of at least 4 members (excludes halogenated alkanes) is 1. The lowest BCUT2D eigenvalue weighted by molar-refractivity contribution is -0.116. The average molecular weight is 502 g/mol. The first kappa shape index (κ1) is 25.5. The van der Waals surface area contributed by atoms with Crippen LogP contribution in [0.2, 0.25) is 5.02 Å². The monoisotopic (exact) mass is 501 g/mol. The summed E-state index contributed by atoms with van der Waals surface area (Å²) in [6.07, 6.45) is 5.22. The number of methoxy groups -OCH3 is 1. The number of rotatable bonds is 10. The topological polar surface area (TPSA) is 63.2 Å². The van der Waals surface area contributed by atoms with Crippen molar-refractivity contribution < 1.29 is 9.53 Å². The molecule has 0 saturated carbocycles. The number of benzene rings is 3. The van der Waals surface area contributed by atoms with Crippen LogP contribution in [-0.2, 0) is 4.79 Å². The Labute approximate surface area is 217 Å². The number of hydrogen-bond donors (Lipinski definition) is 2. The van der Waals surface area contributed by atoms with Gasteiger partial charge in [-0.2, -0.15) is 0 Å². The van der Waals surface area contributed by atoms with Crippen LogP contribution in [0.5, 0.6) is 5.75 Å². The van der Waals surface area contributed by atoms with Gasteiger partial charge in [0.2, 0.25) is 5.91 Å². The molecule has 0 radical (unpaired) electrons. The molecular formula is C30H32ClN3O2. The van der Waals surface area contributed by atoms with E-state index in [1.165, 1.54) is 5.56 Å². The molecule has 186 valence electrons. The van der Waals surface area contributed by atoms with Crippen molar-refractivity contribution in [3.05, 3.63) is 82.9 Å². The molecule has 2 N–H and O–H groups in total. The molecule has 3 aromatic carbocycles. The lowest BCUT2D eigenvalue weighted by Crippen LogP contribution is -2.22. The number of halogens is 1. The first-order valence-corrected chi connectivity index (χ1v) is 12.7. The first-order chi connectivity index (χ1) is 17.4. The van der Waals surface area contributed by atoms with E-state index < -0.39 is 0 Å². The SMILES string of the molecule is COc1ccc2nc3cc(Cl)ccc3c(NCCCCNC(=O)/C=C/c3ccc(C(C)C)cc3)c2c1. The minimum Gasteiger partial charge on any atom is -0.497 e. The first-order valence-electron chi connectivity index (χ1n) is 12.3. The molecule has 0 aliphatic carbocycles. The number of nitrogens with zero attached hydrogens (tertiary/aromatic N) is 1. The Morgan fingerprint density at radius 1 is 0.972 bits per heavy atom. The van der Waals surface area contributed by atoms with Crippen LogP contribution in [0, 0.1) is 0 Å². The fraction of sp³-hybridized carbons (Fsp3) is 0.267. The summed E-state index contributed by atoms with van der Waals surface area (Å²) in [5.41, 5.74) is 5.06. The summed E-state index contributed by atoms with van der Waals surface area (Å²) < 4.78 is 5.43. The smallest absolute Gasteiger partial charge is 0.243 e. The van der Waals surface area contributed by atoms with E-state index in [4.69, 9.17) is 21.3 Å². The molecule has 6 heteroatoms. The van der Waals surface area contributed by atoms with Gasteiger partial charge in [0.05, 0.1) is 23.8 Å². The summed E-state index contributed by atoms with van der Waals surface area (Å²) in [6.45, 7) is 5.73. The molecule has 0 saturated heterocycles. The van der Waals surface area contributed by atoms with Crippen molar-refractivity contribution in [3.63, 3.8) is 0 Å². The van der Waals surface area contributed by atoms with Gasteiger partial charge in [0, 0.05) is 35.0 Å². The van der Waals surface area contributed by atoms with Gasteiger partial charge in [0.25, 0.3) is 0 Å². The minimum atomic E-state index is -0.0778. The van der Waals surface area contributed by atoms with E-state index in [1.54, 1.807) is 13.2 Å². The lowest BCUT2D eigenvalue weighted by Gasteiger charge is -2.14. The summed E-state index contributed by atoms with van der Waals surface area (Å²) in [5.74, 6) is 1.21. The Hall–Kier alpha value is -3.57. The standard InChI is InChI=1S/C30H32ClN3O2/c1-20(2)22-9-6-21(7-10-22)8-15-29(35)32-16-4-5-17-33-30-25-13-11-23(31)18-28(25)34-27-14-12-24(36-3)19-26(27)30/h6-15,18-20H,4-5,16-17H2,1-3H3,(H,32,35)(H,33,34)/b15-8+. The molecule has 0 unspecified atom stereocenters. The van der Waals surface area contributed by atoms with Crippen LogP contribution in [0.15, 0.2) is 66.7 Å². The van der Waals surface area contributed by atoms with Crippen LogP contribution in [0.3, 0.4) is 0 Å². The molecule has 4 rings (SSSR count). The maximum absolute atomic E-state index is 12.2. The fourth-order valence-corrected chi connectivity index (χ4v) is 4.28. The van der Waals surface area contributed by atoms with Gasteiger partial charge in [-0.25, -0.2) is 4.98 Å². The summed E-state index contributed by atoms with van der Waals surface area (Å²) >= 11 is 6.21. The van der Waals surface area contributed by atoms with Crippen molar-refractivity contribution in [2.24, 2.45) is 0 Å². The van der Waals surface area contributed by atoms with Gasteiger partial charge >= 0.3 is 0 Å². The van der Waals surface area contributed by atoms with Gasteiger partial charge in [0.1, 0.15) is 5.75 Å². The Kier molecular flexibility index (Phi) is 8.44. The molecule has 1 heterocycles. The van der Waals surface area contributed by atoms with Crippen LogP contribution >= 0.6 is 11.6 Å². The van der Waals surface area contributed by atoms with Crippen LogP contribution in [-0.4, -0.2) is 31.1 Å². The van der Waals surface area contributed by atoms with Crippen molar-refractivity contribution in [1.29, 1.82) is 0 Å². The van der Waals surface area contributed by atoms with Gasteiger partial charge in [-0.3, -0.25) is 4.79 Å². The van der Waals surface area contributed by atoms with Crippen molar-refractivity contribution >= 4 is 51.1 Å². The van der Waals surface area contributed by atoms with Crippen molar-refractivity contribution in [3.8, 4) is 5.75 Å². The zero-order valence-electron chi connectivity index (χ0n) is 21.0. The van der Waals surface area contributed by atoms with E-state index >= 15 is 0 Å². The maximum atomic E-state index is 12.2. The second-order valence-corrected chi connectivity index (χ2v) is 9.55. The predicted octanol–water partition coefficient (Wildman–Crippen LogP) is 7.20. The van der Waals surface area contributed by atoms with Crippen LogP contribution < -0.4 is 15.4 Å². The number of anilines is 1. The number of pyridine rings is 1. The van der Waals surface area contributed by atoms with E-state index in [9.17, 15) is 4.79 Å². The largest absolute Gasteiger partial charge is 0.497 e. The second kappa shape index (κ2) is 11.9. The number of fused-ring (bicyclic) bond motifs is 2. The number of ether oxygens (including phenoxy) is 1.